The third kappa shape index (κ3) is 5.99. The monoisotopic (exact) mass is 278 g/mol. The Morgan fingerprint density at radius 1 is 1.30 bits per heavy atom. The van der Waals surface area contributed by atoms with Crippen LogP contribution >= 0.6 is 0 Å². The second kappa shape index (κ2) is 9.28. The van der Waals surface area contributed by atoms with Crippen LogP contribution in [0.15, 0.2) is 43.0 Å². The zero-order chi connectivity index (χ0) is 14.8. The standard InChI is InChI=1S/C16H22O4/c1-3-8-15(20-12-16(17)18)14(4-2)19-11-13-9-6-5-7-10-13/h3,5-7,9-10,14-15H,1,4,8,11-12H2,2H3,(H,17,18)/t14-,15+/m0/s1. The van der Waals surface area contributed by atoms with E-state index < -0.39 is 5.97 Å². The smallest absolute Gasteiger partial charge is 0.329 e. The molecule has 0 heterocycles. The predicted octanol–water partition coefficient (Wildman–Crippen LogP) is 3.03. The number of hydrogen-bond acceptors (Lipinski definition) is 3. The van der Waals surface area contributed by atoms with Gasteiger partial charge in [0.2, 0.25) is 0 Å². The van der Waals surface area contributed by atoms with Gasteiger partial charge in [-0.25, -0.2) is 4.79 Å². The largest absolute Gasteiger partial charge is 0.480 e. The molecule has 0 aliphatic heterocycles. The maximum atomic E-state index is 10.6. The summed E-state index contributed by atoms with van der Waals surface area (Å²) >= 11 is 0. The molecule has 4 nitrogen and oxygen atoms in total. The summed E-state index contributed by atoms with van der Waals surface area (Å²) in [6.45, 7) is 5.85. The Morgan fingerprint density at radius 2 is 2.00 bits per heavy atom. The van der Waals surface area contributed by atoms with Crippen LogP contribution in [-0.4, -0.2) is 29.9 Å². The molecule has 1 aromatic carbocycles. The van der Waals surface area contributed by atoms with Crippen LogP contribution in [0.3, 0.4) is 0 Å². The minimum Gasteiger partial charge on any atom is -0.480 e. The first-order chi connectivity index (χ1) is 9.67. The van der Waals surface area contributed by atoms with Gasteiger partial charge in [0.05, 0.1) is 18.8 Å². The van der Waals surface area contributed by atoms with Gasteiger partial charge in [0.25, 0.3) is 0 Å². The molecule has 0 amide bonds. The molecule has 2 atom stereocenters. The van der Waals surface area contributed by atoms with Crippen LogP contribution in [0.5, 0.6) is 0 Å². The minimum atomic E-state index is -0.975. The molecular formula is C16H22O4. The average Bonchev–Trinajstić information content (AvgIpc) is 2.46. The molecule has 0 saturated heterocycles. The Kier molecular flexibility index (Phi) is 7.62. The van der Waals surface area contributed by atoms with Gasteiger partial charge in [-0.2, -0.15) is 0 Å². The van der Waals surface area contributed by atoms with E-state index in [9.17, 15) is 4.79 Å². The number of benzene rings is 1. The molecule has 0 aliphatic carbocycles. The maximum absolute atomic E-state index is 10.6. The van der Waals surface area contributed by atoms with Crippen LogP contribution in [0, 0.1) is 0 Å². The van der Waals surface area contributed by atoms with E-state index in [1.54, 1.807) is 6.08 Å². The van der Waals surface area contributed by atoms with Crippen LogP contribution in [0.4, 0.5) is 0 Å². The SMILES string of the molecule is C=CC[C@@H](OCC(=O)O)[C@H](CC)OCc1ccccc1. The lowest BCUT2D eigenvalue weighted by atomic mass is 10.1. The van der Waals surface area contributed by atoms with Gasteiger partial charge in [-0.15, -0.1) is 6.58 Å². The summed E-state index contributed by atoms with van der Waals surface area (Å²) in [5.41, 5.74) is 1.08. The van der Waals surface area contributed by atoms with Crippen molar-refractivity contribution < 1.29 is 19.4 Å². The quantitative estimate of drug-likeness (QED) is 0.668. The number of aliphatic carboxylic acids is 1. The van der Waals surface area contributed by atoms with E-state index in [-0.39, 0.29) is 18.8 Å². The van der Waals surface area contributed by atoms with Crippen molar-refractivity contribution in [1.29, 1.82) is 0 Å². The average molecular weight is 278 g/mol. The molecule has 0 bridgehead atoms. The Bertz CT molecular complexity index is 402. The molecule has 20 heavy (non-hydrogen) atoms. The van der Waals surface area contributed by atoms with Crippen LogP contribution in [-0.2, 0) is 20.9 Å². The molecule has 0 aromatic heterocycles. The second-order valence-electron chi connectivity index (χ2n) is 4.51. The molecular weight excluding hydrogens is 256 g/mol. The fourth-order valence-electron chi connectivity index (χ4n) is 1.94. The first-order valence-electron chi connectivity index (χ1n) is 6.77. The summed E-state index contributed by atoms with van der Waals surface area (Å²) < 4.78 is 11.2. The van der Waals surface area contributed by atoms with E-state index in [0.29, 0.717) is 13.0 Å². The number of hydrogen-bond donors (Lipinski definition) is 1. The molecule has 0 radical (unpaired) electrons. The lowest BCUT2D eigenvalue weighted by molar-refractivity contribution is -0.149. The van der Waals surface area contributed by atoms with E-state index >= 15 is 0 Å². The molecule has 0 saturated carbocycles. The van der Waals surface area contributed by atoms with Crippen molar-refractivity contribution in [2.75, 3.05) is 6.61 Å². The van der Waals surface area contributed by atoms with Crippen molar-refractivity contribution in [1.82, 2.24) is 0 Å². The lowest BCUT2D eigenvalue weighted by Gasteiger charge is -2.25. The topological polar surface area (TPSA) is 55.8 Å². The minimum absolute atomic E-state index is 0.146. The fraction of sp³-hybridized carbons (Fsp3) is 0.438. The van der Waals surface area contributed by atoms with E-state index in [1.807, 2.05) is 37.3 Å². The van der Waals surface area contributed by atoms with Gasteiger partial charge in [-0.1, -0.05) is 43.3 Å². The van der Waals surface area contributed by atoms with Gasteiger partial charge in [0.1, 0.15) is 6.61 Å². The van der Waals surface area contributed by atoms with E-state index in [0.717, 1.165) is 12.0 Å². The summed E-state index contributed by atoms with van der Waals surface area (Å²) in [5.74, 6) is -0.975. The molecule has 4 heteroatoms. The number of ether oxygens (including phenoxy) is 2. The van der Waals surface area contributed by atoms with Crippen molar-refractivity contribution in [3.63, 3.8) is 0 Å². The van der Waals surface area contributed by atoms with Crippen molar-refractivity contribution in [2.24, 2.45) is 0 Å². The first-order valence-corrected chi connectivity index (χ1v) is 6.77. The predicted molar refractivity (Wildman–Crippen MR) is 77.5 cm³/mol. The summed E-state index contributed by atoms with van der Waals surface area (Å²) in [7, 11) is 0. The van der Waals surface area contributed by atoms with Crippen LogP contribution in [0.1, 0.15) is 25.3 Å². The highest BCUT2D eigenvalue weighted by molar-refractivity contribution is 5.68. The van der Waals surface area contributed by atoms with Crippen molar-refractivity contribution in [2.45, 2.75) is 38.6 Å². The second-order valence-corrected chi connectivity index (χ2v) is 4.51. The number of rotatable bonds is 10. The van der Waals surface area contributed by atoms with Crippen LogP contribution in [0.25, 0.3) is 0 Å². The van der Waals surface area contributed by atoms with Gasteiger partial charge in [-0.05, 0) is 18.4 Å². The summed E-state index contributed by atoms with van der Waals surface area (Å²) in [5, 5.41) is 8.70. The third-order valence-electron chi connectivity index (χ3n) is 2.94. The van der Waals surface area contributed by atoms with Crippen molar-refractivity contribution in [3.05, 3.63) is 48.6 Å². The maximum Gasteiger partial charge on any atom is 0.329 e. The Balaban J connectivity index is 2.55. The van der Waals surface area contributed by atoms with Gasteiger partial charge in [0, 0.05) is 0 Å². The molecule has 0 unspecified atom stereocenters. The zero-order valence-electron chi connectivity index (χ0n) is 11.8. The molecule has 1 rings (SSSR count). The third-order valence-corrected chi connectivity index (χ3v) is 2.94. The summed E-state index contributed by atoms with van der Waals surface area (Å²) in [6, 6.07) is 9.86. The van der Waals surface area contributed by atoms with Gasteiger partial charge >= 0.3 is 5.97 Å². The Morgan fingerprint density at radius 3 is 2.55 bits per heavy atom. The van der Waals surface area contributed by atoms with E-state index in [1.165, 1.54) is 0 Å². The van der Waals surface area contributed by atoms with Gasteiger partial charge in [-0.3, -0.25) is 0 Å². The fourth-order valence-corrected chi connectivity index (χ4v) is 1.94. The normalized spacial score (nSPS) is 13.7. The lowest BCUT2D eigenvalue weighted by Crippen LogP contribution is -2.32. The number of carboxylic acid groups (broad SMARTS) is 1. The van der Waals surface area contributed by atoms with Crippen molar-refractivity contribution >= 4 is 5.97 Å². The summed E-state index contributed by atoms with van der Waals surface area (Å²) in [4.78, 5) is 10.6. The van der Waals surface area contributed by atoms with E-state index in [2.05, 4.69) is 6.58 Å². The van der Waals surface area contributed by atoms with Gasteiger partial charge < -0.3 is 14.6 Å². The molecule has 110 valence electrons. The van der Waals surface area contributed by atoms with Gasteiger partial charge in [0.15, 0.2) is 0 Å². The molecule has 0 fully saturated rings. The van der Waals surface area contributed by atoms with Crippen LogP contribution in [0.2, 0.25) is 0 Å². The number of carbonyl (C=O) groups is 1. The molecule has 0 aliphatic rings. The molecule has 1 N–H and O–H groups in total. The van der Waals surface area contributed by atoms with E-state index in [4.69, 9.17) is 14.6 Å². The highest BCUT2D eigenvalue weighted by atomic mass is 16.5. The van der Waals surface area contributed by atoms with Crippen LogP contribution < -0.4 is 0 Å². The molecule has 0 spiro atoms. The first kappa shape index (κ1) is 16.4. The molecule has 1 aromatic rings. The van der Waals surface area contributed by atoms with Crippen molar-refractivity contribution in [3.8, 4) is 0 Å². The number of carboxylic acids is 1. The Hall–Kier alpha value is -1.65. The highest BCUT2D eigenvalue weighted by Gasteiger charge is 2.21. The highest BCUT2D eigenvalue weighted by Crippen LogP contribution is 2.15. The zero-order valence-corrected chi connectivity index (χ0v) is 11.8. The Labute approximate surface area is 120 Å². The summed E-state index contributed by atoms with van der Waals surface area (Å²) in [6.07, 6.45) is 2.62.